The highest BCUT2D eigenvalue weighted by molar-refractivity contribution is 6.15. The zero-order valence-corrected chi connectivity index (χ0v) is 12.6. The predicted molar refractivity (Wildman–Crippen MR) is 82.1 cm³/mol. The van der Waals surface area contributed by atoms with E-state index in [4.69, 9.17) is 4.42 Å². The fourth-order valence-corrected chi connectivity index (χ4v) is 3.54. The maximum Gasteiger partial charge on any atom is 0.351 e. The summed E-state index contributed by atoms with van der Waals surface area (Å²) in [4.78, 5) is 40.1. The zero-order valence-electron chi connectivity index (χ0n) is 12.6. The van der Waals surface area contributed by atoms with Gasteiger partial charge >= 0.3 is 5.97 Å². The molecule has 0 spiro atoms. The summed E-state index contributed by atoms with van der Waals surface area (Å²) in [7, 11) is 0. The second kappa shape index (κ2) is 4.95. The number of furan rings is 1. The summed E-state index contributed by atoms with van der Waals surface area (Å²) >= 11 is 0. The number of rotatable bonds is 3. The summed E-state index contributed by atoms with van der Waals surface area (Å²) in [5.74, 6) is -1.48. The van der Waals surface area contributed by atoms with Gasteiger partial charge in [0.25, 0.3) is 5.91 Å². The van der Waals surface area contributed by atoms with Gasteiger partial charge in [-0.1, -0.05) is 12.1 Å². The van der Waals surface area contributed by atoms with Crippen LogP contribution in [0.3, 0.4) is 0 Å². The number of hydrogen-bond donors (Lipinski definition) is 1. The van der Waals surface area contributed by atoms with Crippen molar-refractivity contribution in [3.63, 3.8) is 0 Å². The number of amides is 2. The van der Waals surface area contributed by atoms with E-state index in [1.165, 1.54) is 16.1 Å². The second-order valence-corrected chi connectivity index (χ2v) is 5.84. The lowest BCUT2D eigenvalue weighted by Crippen LogP contribution is -2.67. The Hall–Kier alpha value is -3.09. The first kappa shape index (κ1) is 14.5. The first-order chi connectivity index (χ1) is 11.6. The Balaban J connectivity index is 1.93. The van der Waals surface area contributed by atoms with E-state index in [-0.39, 0.29) is 25.3 Å². The lowest BCUT2D eigenvalue weighted by Gasteiger charge is -2.47. The summed E-state index contributed by atoms with van der Waals surface area (Å²) in [6, 6.07) is 9.93. The minimum atomic E-state index is -1.71. The molecule has 7 heteroatoms. The van der Waals surface area contributed by atoms with Crippen molar-refractivity contribution in [3.8, 4) is 0 Å². The molecule has 2 aliphatic heterocycles. The van der Waals surface area contributed by atoms with E-state index >= 15 is 0 Å². The molecule has 3 heterocycles. The molecule has 24 heavy (non-hydrogen) atoms. The van der Waals surface area contributed by atoms with Gasteiger partial charge in [0.2, 0.25) is 11.6 Å². The molecule has 122 valence electrons. The Labute approximate surface area is 137 Å². The van der Waals surface area contributed by atoms with Crippen molar-refractivity contribution in [2.24, 2.45) is 0 Å². The van der Waals surface area contributed by atoms with E-state index in [9.17, 15) is 19.5 Å². The van der Waals surface area contributed by atoms with Gasteiger partial charge in [-0.15, -0.1) is 0 Å². The maximum absolute atomic E-state index is 13.0. The van der Waals surface area contributed by atoms with Gasteiger partial charge < -0.3 is 9.52 Å². The van der Waals surface area contributed by atoms with Crippen LogP contribution in [0, 0.1) is 0 Å². The summed E-state index contributed by atoms with van der Waals surface area (Å²) in [6.07, 6.45) is 1.58. The van der Waals surface area contributed by atoms with E-state index in [0.717, 1.165) is 0 Å². The SMILES string of the molecule is O=C1c2ccccc2N2C(=O)CC[C@@]2(C(=O)O)N1Cc1ccco1. The van der Waals surface area contributed by atoms with Crippen LogP contribution < -0.4 is 4.90 Å². The molecule has 1 atom stereocenters. The molecule has 0 aliphatic carbocycles. The Kier molecular flexibility index (Phi) is 2.99. The van der Waals surface area contributed by atoms with E-state index in [1.54, 1.807) is 36.4 Å². The number of para-hydroxylation sites is 1. The average molecular weight is 326 g/mol. The van der Waals surface area contributed by atoms with Crippen LogP contribution >= 0.6 is 0 Å². The van der Waals surface area contributed by atoms with Crippen molar-refractivity contribution in [2.75, 3.05) is 4.90 Å². The highest BCUT2D eigenvalue weighted by atomic mass is 16.4. The van der Waals surface area contributed by atoms with Crippen molar-refractivity contribution in [1.82, 2.24) is 4.90 Å². The van der Waals surface area contributed by atoms with E-state index < -0.39 is 17.5 Å². The topological polar surface area (TPSA) is 91.1 Å². The minimum absolute atomic E-state index is 0.0176. The van der Waals surface area contributed by atoms with Crippen LogP contribution in [0.2, 0.25) is 0 Å². The number of aliphatic carboxylic acids is 1. The van der Waals surface area contributed by atoms with Gasteiger partial charge in [0, 0.05) is 12.8 Å². The van der Waals surface area contributed by atoms with E-state index in [1.807, 2.05) is 0 Å². The summed E-state index contributed by atoms with van der Waals surface area (Å²) in [5.41, 5.74) is -1.05. The Bertz CT molecular complexity index is 844. The number of carbonyl (C=O) groups is 3. The Morgan fingerprint density at radius 1 is 1.21 bits per heavy atom. The quantitative estimate of drug-likeness (QED) is 0.929. The third kappa shape index (κ3) is 1.75. The molecule has 0 unspecified atom stereocenters. The van der Waals surface area contributed by atoms with Crippen LogP contribution in [0.4, 0.5) is 5.69 Å². The monoisotopic (exact) mass is 326 g/mol. The molecule has 2 aliphatic rings. The van der Waals surface area contributed by atoms with Crippen LogP contribution in [0.25, 0.3) is 0 Å². The van der Waals surface area contributed by atoms with E-state index in [2.05, 4.69) is 0 Å². The molecule has 7 nitrogen and oxygen atoms in total. The lowest BCUT2D eigenvalue weighted by molar-refractivity contribution is -0.150. The molecule has 2 amide bonds. The van der Waals surface area contributed by atoms with Gasteiger partial charge in [0.15, 0.2) is 0 Å². The smallest absolute Gasteiger partial charge is 0.351 e. The van der Waals surface area contributed by atoms with Gasteiger partial charge in [-0.25, -0.2) is 4.79 Å². The van der Waals surface area contributed by atoms with Gasteiger partial charge in [-0.2, -0.15) is 0 Å². The number of nitrogens with zero attached hydrogens (tertiary/aromatic N) is 2. The molecule has 4 rings (SSSR count). The Morgan fingerprint density at radius 2 is 2.00 bits per heavy atom. The number of carbonyl (C=O) groups excluding carboxylic acids is 2. The fraction of sp³-hybridized carbons (Fsp3) is 0.235. The van der Waals surface area contributed by atoms with Crippen LogP contribution in [-0.2, 0) is 16.1 Å². The van der Waals surface area contributed by atoms with Gasteiger partial charge in [0.1, 0.15) is 5.76 Å². The number of hydrogen-bond acceptors (Lipinski definition) is 4. The number of carboxylic acids is 1. The molecule has 2 aromatic rings. The largest absolute Gasteiger partial charge is 0.478 e. The fourth-order valence-electron chi connectivity index (χ4n) is 3.54. The number of carboxylic acid groups (broad SMARTS) is 1. The molecular formula is C17H14N2O5. The number of benzene rings is 1. The van der Waals surface area contributed by atoms with Crippen molar-refractivity contribution >= 4 is 23.5 Å². The van der Waals surface area contributed by atoms with Gasteiger partial charge in [0.05, 0.1) is 24.1 Å². The number of anilines is 1. The first-order valence-electron chi connectivity index (χ1n) is 7.55. The molecule has 1 saturated heterocycles. The van der Waals surface area contributed by atoms with E-state index in [0.29, 0.717) is 17.0 Å². The highest BCUT2D eigenvalue weighted by Crippen LogP contribution is 2.45. The van der Waals surface area contributed by atoms with Gasteiger partial charge in [-0.3, -0.25) is 19.4 Å². The molecular weight excluding hydrogens is 312 g/mol. The Morgan fingerprint density at radius 3 is 2.71 bits per heavy atom. The summed E-state index contributed by atoms with van der Waals surface area (Å²) in [5, 5.41) is 9.94. The number of fused-ring (bicyclic) bond motifs is 3. The van der Waals surface area contributed by atoms with Crippen molar-refractivity contribution in [3.05, 3.63) is 54.0 Å². The van der Waals surface area contributed by atoms with Crippen LogP contribution in [-0.4, -0.2) is 33.5 Å². The molecule has 0 bridgehead atoms. The molecule has 1 fully saturated rings. The maximum atomic E-state index is 13.0. The van der Waals surface area contributed by atoms with Crippen LogP contribution in [0.1, 0.15) is 29.0 Å². The highest BCUT2D eigenvalue weighted by Gasteiger charge is 2.61. The predicted octanol–water partition coefficient (Wildman–Crippen LogP) is 1.84. The standard InChI is InChI=1S/C17H14N2O5/c20-14-7-8-17(16(22)23)18(10-11-4-3-9-24-11)15(21)12-5-1-2-6-13(12)19(14)17/h1-6,9H,7-8,10H2,(H,22,23)/t17-/m1/s1. The molecule has 1 N–H and O–H groups in total. The van der Waals surface area contributed by atoms with Crippen LogP contribution in [0.15, 0.2) is 47.1 Å². The van der Waals surface area contributed by atoms with Gasteiger partial charge in [-0.05, 0) is 24.3 Å². The lowest BCUT2D eigenvalue weighted by atomic mass is 9.96. The van der Waals surface area contributed by atoms with Crippen LogP contribution in [0.5, 0.6) is 0 Å². The molecule has 0 saturated carbocycles. The molecule has 1 aromatic carbocycles. The first-order valence-corrected chi connectivity index (χ1v) is 7.55. The normalized spacial score (nSPS) is 22.5. The zero-order chi connectivity index (χ0) is 16.9. The average Bonchev–Trinajstić information content (AvgIpc) is 3.20. The molecule has 1 aromatic heterocycles. The van der Waals surface area contributed by atoms with Crippen molar-refractivity contribution < 1.29 is 23.9 Å². The summed E-state index contributed by atoms with van der Waals surface area (Å²) in [6.45, 7) is -0.0176. The molecule has 0 radical (unpaired) electrons. The minimum Gasteiger partial charge on any atom is -0.478 e. The second-order valence-electron chi connectivity index (χ2n) is 5.84. The van der Waals surface area contributed by atoms with Crippen molar-refractivity contribution in [2.45, 2.75) is 25.0 Å². The van der Waals surface area contributed by atoms with Crippen molar-refractivity contribution in [1.29, 1.82) is 0 Å². The summed E-state index contributed by atoms with van der Waals surface area (Å²) < 4.78 is 5.28. The third-order valence-electron chi connectivity index (χ3n) is 4.61. The third-order valence-corrected chi connectivity index (χ3v) is 4.61.